The van der Waals surface area contributed by atoms with Crippen molar-refractivity contribution in [2.24, 2.45) is 0 Å². The lowest BCUT2D eigenvalue weighted by atomic mass is 9.92. The number of allylic oxidation sites excluding steroid dienone is 1. The number of hydrogen-bond donors (Lipinski definition) is 2. The van der Waals surface area contributed by atoms with Crippen LogP contribution >= 0.6 is 0 Å². The lowest BCUT2D eigenvalue weighted by Gasteiger charge is -2.29. The minimum absolute atomic E-state index is 0.0804. The van der Waals surface area contributed by atoms with E-state index < -0.39 is 21.8 Å². The molecule has 1 fully saturated rings. The van der Waals surface area contributed by atoms with Crippen LogP contribution in [0.2, 0.25) is 0 Å². The van der Waals surface area contributed by atoms with E-state index in [4.69, 9.17) is 4.74 Å². The number of aliphatic hydroxyl groups excluding tert-OH is 1. The van der Waals surface area contributed by atoms with Crippen LogP contribution < -0.4 is 5.32 Å². The molecule has 1 heterocycles. The van der Waals surface area contributed by atoms with Gasteiger partial charge < -0.3 is 15.2 Å². The van der Waals surface area contributed by atoms with Gasteiger partial charge in [-0.3, -0.25) is 4.79 Å². The molecule has 1 amide bonds. The molecule has 0 aromatic rings. The molecule has 1 aliphatic carbocycles. The Morgan fingerprint density at radius 2 is 2.05 bits per heavy atom. The maximum Gasteiger partial charge on any atom is 0.266 e. The van der Waals surface area contributed by atoms with E-state index in [0.29, 0.717) is 12.8 Å². The van der Waals surface area contributed by atoms with Crippen LogP contribution in [0, 0.1) is 0 Å². The SMILES string of the molecule is CC1=C(C(=O)N[C@@H]2CCCC[C@@H]2O)S(=O)(=O)CCO1. The molecule has 0 saturated heterocycles. The van der Waals surface area contributed by atoms with E-state index in [-0.39, 0.29) is 29.1 Å². The molecule has 2 atom stereocenters. The van der Waals surface area contributed by atoms with E-state index in [1.807, 2.05) is 0 Å². The number of carbonyl (C=O) groups is 1. The molecule has 2 N–H and O–H groups in total. The summed E-state index contributed by atoms with van der Waals surface area (Å²) in [5, 5.41) is 12.4. The maximum atomic E-state index is 12.1. The van der Waals surface area contributed by atoms with Gasteiger partial charge in [0.05, 0.1) is 17.9 Å². The van der Waals surface area contributed by atoms with E-state index in [1.54, 1.807) is 0 Å². The molecule has 0 radical (unpaired) electrons. The third kappa shape index (κ3) is 3.09. The lowest BCUT2D eigenvalue weighted by molar-refractivity contribution is -0.119. The summed E-state index contributed by atoms with van der Waals surface area (Å²) in [5.74, 6) is -0.711. The van der Waals surface area contributed by atoms with Crippen LogP contribution in [0.3, 0.4) is 0 Å². The Bertz CT molecular complexity index is 496. The number of nitrogens with one attached hydrogen (secondary N) is 1. The Labute approximate surface area is 112 Å². The number of amides is 1. The summed E-state index contributed by atoms with van der Waals surface area (Å²) in [6.45, 7) is 1.56. The number of hydrogen-bond acceptors (Lipinski definition) is 5. The quantitative estimate of drug-likeness (QED) is 0.751. The standard InChI is InChI=1S/C12H19NO5S/c1-8-11(19(16,17)7-6-18-8)12(15)13-9-4-2-3-5-10(9)14/h9-10,14H,2-7H2,1H3,(H,13,15)/t9-,10+/m1/s1. The Morgan fingerprint density at radius 3 is 2.68 bits per heavy atom. The highest BCUT2D eigenvalue weighted by atomic mass is 32.2. The van der Waals surface area contributed by atoms with Crippen molar-refractivity contribution < 1.29 is 23.1 Å². The van der Waals surface area contributed by atoms with Gasteiger partial charge in [-0.2, -0.15) is 0 Å². The molecule has 0 spiro atoms. The first-order valence-electron chi connectivity index (χ1n) is 6.47. The molecule has 0 unspecified atom stereocenters. The van der Waals surface area contributed by atoms with Crippen molar-refractivity contribution in [3.8, 4) is 0 Å². The summed E-state index contributed by atoms with van der Waals surface area (Å²) in [6, 6.07) is -0.376. The van der Waals surface area contributed by atoms with Crippen molar-refractivity contribution in [1.82, 2.24) is 5.32 Å². The summed E-state index contributed by atoms with van der Waals surface area (Å²) in [4.78, 5) is 11.8. The van der Waals surface area contributed by atoms with Crippen LogP contribution in [0.25, 0.3) is 0 Å². The number of rotatable bonds is 2. The van der Waals surface area contributed by atoms with Crippen LogP contribution in [-0.2, 0) is 19.4 Å². The van der Waals surface area contributed by atoms with E-state index in [0.717, 1.165) is 12.8 Å². The first-order valence-corrected chi connectivity index (χ1v) is 8.12. The lowest BCUT2D eigenvalue weighted by Crippen LogP contribution is -2.47. The van der Waals surface area contributed by atoms with Crippen LogP contribution in [0.1, 0.15) is 32.6 Å². The summed E-state index contributed by atoms with van der Waals surface area (Å²) < 4.78 is 28.9. The van der Waals surface area contributed by atoms with Crippen molar-refractivity contribution in [2.45, 2.75) is 44.8 Å². The molecular weight excluding hydrogens is 270 g/mol. The molecule has 19 heavy (non-hydrogen) atoms. The smallest absolute Gasteiger partial charge is 0.266 e. The molecule has 2 aliphatic rings. The van der Waals surface area contributed by atoms with Crippen molar-refractivity contribution >= 4 is 15.7 Å². The summed E-state index contributed by atoms with van der Waals surface area (Å²) in [5.41, 5.74) is 0. The first-order chi connectivity index (χ1) is 8.92. The number of ether oxygens (including phenoxy) is 1. The monoisotopic (exact) mass is 289 g/mol. The van der Waals surface area contributed by atoms with E-state index >= 15 is 0 Å². The van der Waals surface area contributed by atoms with Crippen LogP contribution in [0.4, 0.5) is 0 Å². The van der Waals surface area contributed by atoms with Crippen molar-refractivity contribution in [1.29, 1.82) is 0 Å². The third-order valence-electron chi connectivity index (χ3n) is 3.55. The molecule has 2 rings (SSSR count). The second-order valence-corrected chi connectivity index (χ2v) is 7.03. The normalized spacial score (nSPS) is 30.6. The molecule has 7 heteroatoms. The first kappa shape index (κ1) is 14.3. The summed E-state index contributed by atoms with van der Waals surface area (Å²) in [7, 11) is -3.58. The molecule has 0 aromatic carbocycles. The van der Waals surface area contributed by atoms with Gasteiger partial charge in [0.15, 0.2) is 14.7 Å². The van der Waals surface area contributed by atoms with Crippen LogP contribution in [-0.4, -0.2) is 43.9 Å². The molecule has 0 aromatic heterocycles. The molecule has 108 valence electrons. The molecule has 6 nitrogen and oxygen atoms in total. The molecule has 0 bridgehead atoms. The number of sulfone groups is 1. The number of aliphatic hydroxyl groups is 1. The van der Waals surface area contributed by atoms with E-state index in [1.165, 1.54) is 6.92 Å². The maximum absolute atomic E-state index is 12.1. The minimum Gasteiger partial charge on any atom is -0.496 e. The Kier molecular flexibility index (Phi) is 4.15. The fourth-order valence-electron chi connectivity index (χ4n) is 2.51. The zero-order chi connectivity index (χ0) is 14.0. The van der Waals surface area contributed by atoms with Crippen molar-refractivity contribution in [3.05, 3.63) is 10.7 Å². The minimum atomic E-state index is -3.58. The van der Waals surface area contributed by atoms with Gasteiger partial charge in [-0.05, 0) is 19.8 Å². The van der Waals surface area contributed by atoms with Gasteiger partial charge in [0, 0.05) is 0 Å². The van der Waals surface area contributed by atoms with E-state index in [9.17, 15) is 18.3 Å². The highest BCUT2D eigenvalue weighted by Crippen LogP contribution is 2.22. The van der Waals surface area contributed by atoms with Gasteiger partial charge >= 0.3 is 0 Å². The zero-order valence-electron chi connectivity index (χ0n) is 10.9. The molecule has 1 aliphatic heterocycles. The van der Waals surface area contributed by atoms with Gasteiger partial charge in [-0.1, -0.05) is 12.8 Å². The van der Waals surface area contributed by atoms with Gasteiger partial charge in [0.2, 0.25) is 0 Å². The van der Waals surface area contributed by atoms with Crippen molar-refractivity contribution in [2.75, 3.05) is 12.4 Å². The molecular formula is C12H19NO5S. The van der Waals surface area contributed by atoms with E-state index in [2.05, 4.69) is 5.32 Å². The highest BCUT2D eigenvalue weighted by molar-refractivity contribution is 7.96. The summed E-state index contributed by atoms with van der Waals surface area (Å²) in [6.07, 6.45) is 2.54. The van der Waals surface area contributed by atoms with Gasteiger partial charge in [0.25, 0.3) is 5.91 Å². The second kappa shape index (κ2) is 5.50. The predicted octanol–water partition coefficient (Wildman–Crippen LogP) is 0.0826. The average Bonchev–Trinajstić information content (AvgIpc) is 2.30. The highest BCUT2D eigenvalue weighted by Gasteiger charge is 2.34. The van der Waals surface area contributed by atoms with Gasteiger partial charge in [-0.15, -0.1) is 0 Å². The Balaban J connectivity index is 2.15. The fourth-order valence-corrected chi connectivity index (χ4v) is 3.85. The van der Waals surface area contributed by atoms with Gasteiger partial charge in [-0.25, -0.2) is 8.42 Å². The molecule has 1 saturated carbocycles. The fraction of sp³-hybridized carbons (Fsp3) is 0.750. The van der Waals surface area contributed by atoms with Crippen LogP contribution in [0.5, 0.6) is 0 Å². The van der Waals surface area contributed by atoms with Gasteiger partial charge in [0.1, 0.15) is 12.4 Å². The van der Waals surface area contributed by atoms with Crippen molar-refractivity contribution in [3.63, 3.8) is 0 Å². The average molecular weight is 289 g/mol. The number of carbonyl (C=O) groups excluding carboxylic acids is 1. The predicted molar refractivity (Wildman–Crippen MR) is 68.8 cm³/mol. The Morgan fingerprint density at radius 1 is 1.37 bits per heavy atom. The second-order valence-electron chi connectivity index (χ2n) is 4.98. The topological polar surface area (TPSA) is 92.7 Å². The summed E-state index contributed by atoms with van der Waals surface area (Å²) >= 11 is 0. The third-order valence-corrected chi connectivity index (χ3v) is 5.35. The van der Waals surface area contributed by atoms with Crippen LogP contribution in [0.15, 0.2) is 10.7 Å². The largest absolute Gasteiger partial charge is 0.496 e. The Hall–Kier alpha value is -1.08. The zero-order valence-corrected chi connectivity index (χ0v) is 11.7.